The second kappa shape index (κ2) is 7.33. The van der Waals surface area contributed by atoms with Gasteiger partial charge in [0.25, 0.3) is 0 Å². The molecule has 0 aliphatic heterocycles. The first-order valence-electron chi connectivity index (χ1n) is 5.28. The Bertz CT molecular complexity index is 118. The van der Waals surface area contributed by atoms with Crippen LogP contribution in [0.4, 0.5) is 0 Å². The highest BCUT2D eigenvalue weighted by atomic mass is 16.1. The fourth-order valence-corrected chi connectivity index (χ4v) is 1.49. The molecule has 0 rings (SSSR count). The Morgan fingerprint density at radius 1 is 1.17 bits per heavy atom. The van der Waals surface area contributed by atoms with Gasteiger partial charge in [0, 0.05) is 12.3 Å². The minimum Gasteiger partial charge on any atom is -0.299 e. The number of carbonyl (C=O) groups is 1. The van der Waals surface area contributed by atoms with Gasteiger partial charge in [-0.15, -0.1) is 0 Å². The minimum absolute atomic E-state index is 0.352. The summed E-state index contributed by atoms with van der Waals surface area (Å²) in [6.07, 6.45) is 6.32. The summed E-state index contributed by atoms with van der Waals surface area (Å²) < 4.78 is 0. The molecule has 0 unspecified atom stereocenters. The first kappa shape index (κ1) is 11.7. The number of rotatable bonds is 7. The Hall–Kier alpha value is -0.330. The molecule has 0 bridgehead atoms. The molecule has 0 aromatic carbocycles. The van der Waals surface area contributed by atoms with Crippen molar-refractivity contribution < 1.29 is 4.79 Å². The third-order valence-corrected chi connectivity index (χ3v) is 2.35. The van der Waals surface area contributed by atoms with Crippen molar-refractivity contribution >= 4 is 5.78 Å². The molecule has 0 N–H and O–H groups in total. The van der Waals surface area contributed by atoms with Crippen LogP contribution < -0.4 is 0 Å². The molecule has 0 saturated carbocycles. The van der Waals surface area contributed by atoms with E-state index in [2.05, 4.69) is 20.8 Å². The lowest BCUT2D eigenvalue weighted by Crippen LogP contribution is -2.12. The van der Waals surface area contributed by atoms with Gasteiger partial charge < -0.3 is 0 Å². The summed E-state index contributed by atoms with van der Waals surface area (Å²) in [5, 5.41) is 0. The molecular formula is C11H22O. The van der Waals surface area contributed by atoms with Crippen LogP contribution in [0.5, 0.6) is 0 Å². The van der Waals surface area contributed by atoms with Gasteiger partial charge in [-0.1, -0.05) is 33.6 Å². The van der Waals surface area contributed by atoms with Crippen LogP contribution in [0.1, 0.15) is 59.3 Å². The summed E-state index contributed by atoms with van der Waals surface area (Å²) in [6.45, 7) is 6.37. The van der Waals surface area contributed by atoms with E-state index in [1.165, 1.54) is 12.8 Å². The normalized spacial score (nSPS) is 12.9. The predicted molar refractivity (Wildman–Crippen MR) is 53.2 cm³/mol. The number of ketones is 1. The lowest BCUT2D eigenvalue weighted by Gasteiger charge is -2.11. The van der Waals surface area contributed by atoms with Crippen molar-refractivity contribution in [1.29, 1.82) is 0 Å². The molecule has 0 fully saturated rings. The van der Waals surface area contributed by atoms with E-state index in [1.807, 2.05) is 0 Å². The zero-order valence-corrected chi connectivity index (χ0v) is 8.73. The molecule has 0 radical (unpaired) electrons. The van der Waals surface area contributed by atoms with E-state index >= 15 is 0 Å². The van der Waals surface area contributed by atoms with Crippen molar-refractivity contribution in [2.24, 2.45) is 5.92 Å². The van der Waals surface area contributed by atoms with E-state index in [-0.39, 0.29) is 0 Å². The fourth-order valence-electron chi connectivity index (χ4n) is 1.49. The lowest BCUT2D eigenvalue weighted by atomic mass is 9.92. The second-order valence-corrected chi connectivity index (χ2v) is 3.46. The van der Waals surface area contributed by atoms with E-state index in [1.54, 1.807) is 0 Å². The van der Waals surface area contributed by atoms with Crippen LogP contribution in [0.3, 0.4) is 0 Å². The Morgan fingerprint density at radius 2 is 1.83 bits per heavy atom. The molecule has 1 atom stereocenters. The van der Waals surface area contributed by atoms with Crippen LogP contribution in [0.25, 0.3) is 0 Å². The molecule has 0 amide bonds. The topological polar surface area (TPSA) is 17.1 Å². The monoisotopic (exact) mass is 170 g/mol. The number of unbranched alkanes of at least 4 members (excludes halogenated alkanes) is 1. The van der Waals surface area contributed by atoms with Gasteiger partial charge in [0.2, 0.25) is 0 Å². The van der Waals surface area contributed by atoms with E-state index in [4.69, 9.17) is 0 Å². The number of Topliss-reactive ketones (excluding diaryl/α,β-unsaturated/α-hetero) is 1. The Balaban J connectivity index is 3.71. The SMILES string of the molecule is CCCC[C@H](CC)C(=O)CCC. The first-order valence-corrected chi connectivity index (χ1v) is 5.28. The molecule has 72 valence electrons. The van der Waals surface area contributed by atoms with E-state index in [0.29, 0.717) is 11.7 Å². The van der Waals surface area contributed by atoms with E-state index in [0.717, 1.165) is 25.7 Å². The Morgan fingerprint density at radius 3 is 2.25 bits per heavy atom. The molecule has 1 heteroatoms. The van der Waals surface area contributed by atoms with Crippen LogP contribution >= 0.6 is 0 Å². The van der Waals surface area contributed by atoms with Crippen molar-refractivity contribution in [2.45, 2.75) is 59.3 Å². The first-order chi connectivity index (χ1) is 5.76. The number of hydrogen-bond donors (Lipinski definition) is 0. The number of hydrogen-bond acceptors (Lipinski definition) is 1. The van der Waals surface area contributed by atoms with Crippen molar-refractivity contribution in [3.63, 3.8) is 0 Å². The molecule has 0 aliphatic carbocycles. The highest BCUT2D eigenvalue weighted by Gasteiger charge is 2.13. The fraction of sp³-hybridized carbons (Fsp3) is 0.909. The molecule has 0 aromatic rings. The second-order valence-electron chi connectivity index (χ2n) is 3.46. The lowest BCUT2D eigenvalue weighted by molar-refractivity contribution is -0.123. The van der Waals surface area contributed by atoms with Crippen molar-refractivity contribution in [1.82, 2.24) is 0 Å². The van der Waals surface area contributed by atoms with Crippen LogP contribution in [-0.4, -0.2) is 5.78 Å². The summed E-state index contributed by atoms with van der Waals surface area (Å²) in [4.78, 5) is 11.5. The highest BCUT2D eigenvalue weighted by Crippen LogP contribution is 2.15. The third-order valence-electron chi connectivity index (χ3n) is 2.35. The maximum absolute atomic E-state index is 11.5. The average Bonchev–Trinajstić information content (AvgIpc) is 2.06. The van der Waals surface area contributed by atoms with Crippen molar-refractivity contribution in [3.05, 3.63) is 0 Å². The van der Waals surface area contributed by atoms with Crippen molar-refractivity contribution in [2.75, 3.05) is 0 Å². The molecule has 1 nitrogen and oxygen atoms in total. The summed E-state index contributed by atoms with van der Waals surface area (Å²) in [6, 6.07) is 0. The van der Waals surface area contributed by atoms with Gasteiger partial charge in [-0.2, -0.15) is 0 Å². The van der Waals surface area contributed by atoms with Gasteiger partial charge in [0.05, 0.1) is 0 Å². The predicted octanol–water partition coefficient (Wildman–Crippen LogP) is 3.57. The molecular weight excluding hydrogens is 148 g/mol. The van der Waals surface area contributed by atoms with Gasteiger partial charge >= 0.3 is 0 Å². The number of carbonyl (C=O) groups excluding carboxylic acids is 1. The smallest absolute Gasteiger partial charge is 0.135 e. The molecule has 0 aliphatic rings. The van der Waals surface area contributed by atoms with Crippen LogP contribution in [0, 0.1) is 5.92 Å². The quantitative estimate of drug-likeness (QED) is 0.571. The van der Waals surface area contributed by atoms with E-state index in [9.17, 15) is 4.79 Å². The molecule has 0 aromatic heterocycles. The summed E-state index contributed by atoms with van der Waals surface area (Å²) in [5.41, 5.74) is 0. The molecule has 0 spiro atoms. The minimum atomic E-state index is 0.352. The summed E-state index contributed by atoms with van der Waals surface area (Å²) >= 11 is 0. The maximum Gasteiger partial charge on any atom is 0.135 e. The molecule has 12 heavy (non-hydrogen) atoms. The van der Waals surface area contributed by atoms with Gasteiger partial charge in [-0.3, -0.25) is 4.79 Å². The molecule has 0 heterocycles. The van der Waals surface area contributed by atoms with Crippen LogP contribution in [0.2, 0.25) is 0 Å². The van der Waals surface area contributed by atoms with E-state index < -0.39 is 0 Å². The average molecular weight is 170 g/mol. The van der Waals surface area contributed by atoms with Gasteiger partial charge in [0.1, 0.15) is 5.78 Å². The van der Waals surface area contributed by atoms with Crippen LogP contribution in [-0.2, 0) is 4.79 Å². The standard InChI is InChI=1S/C11H22O/c1-4-7-9-10(6-3)11(12)8-5-2/h10H,4-9H2,1-3H3/t10-/m0/s1. The van der Waals surface area contributed by atoms with Gasteiger partial charge in [-0.25, -0.2) is 0 Å². The Labute approximate surface area is 76.6 Å². The van der Waals surface area contributed by atoms with Crippen molar-refractivity contribution in [3.8, 4) is 0 Å². The molecule has 0 saturated heterocycles. The largest absolute Gasteiger partial charge is 0.299 e. The van der Waals surface area contributed by atoms with Gasteiger partial charge in [-0.05, 0) is 19.3 Å². The zero-order chi connectivity index (χ0) is 9.40. The Kier molecular flexibility index (Phi) is 7.12. The highest BCUT2D eigenvalue weighted by molar-refractivity contribution is 5.80. The zero-order valence-electron chi connectivity index (χ0n) is 8.73. The van der Waals surface area contributed by atoms with Gasteiger partial charge in [0.15, 0.2) is 0 Å². The third kappa shape index (κ3) is 4.53. The maximum atomic E-state index is 11.5. The summed E-state index contributed by atoms with van der Waals surface area (Å²) in [7, 11) is 0. The summed E-state index contributed by atoms with van der Waals surface area (Å²) in [5.74, 6) is 0.832. The van der Waals surface area contributed by atoms with Crippen LogP contribution in [0.15, 0.2) is 0 Å².